The lowest BCUT2D eigenvalue weighted by molar-refractivity contribution is 0.765. The number of aromatic nitrogens is 2. The normalized spacial score (nSPS) is 9.44. The number of benzene rings is 1. The molecule has 0 fully saturated rings. The molecule has 1 aromatic carbocycles. The lowest BCUT2D eigenvalue weighted by Gasteiger charge is -1.98. The Balaban J connectivity index is 2.58. The lowest BCUT2D eigenvalue weighted by atomic mass is 10.0. The van der Waals surface area contributed by atoms with Crippen molar-refractivity contribution in [3.8, 4) is 23.4 Å². The predicted octanol–water partition coefficient (Wildman–Crippen LogP) is 1.63. The van der Waals surface area contributed by atoms with E-state index in [1.807, 2.05) is 12.1 Å². The first kappa shape index (κ1) is 9.95. The van der Waals surface area contributed by atoms with E-state index in [1.165, 1.54) is 0 Å². The predicted molar refractivity (Wildman–Crippen MR) is 56.9 cm³/mol. The highest BCUT2D eigenvalue weighted by atomic mass is 15.2. The van der Waals surface area contributed by atoms with Crippen molar-refractivity contribution in [2.75, 3.05) is 0 Å². The zero-order valence-electron chi connectivity index (χ0n) is 8.60. The molecule has 1 aromatic heterocycles. The van der Waals surface area contributed by atoms with Gasteiger partial charge in [-0.3, -0.25) is 4.68 Å². The second kappa shape index (κ2) is 3.88. The quantitative estimate of drug-likeness (QED) is 0.713. The first-order valence-corrected chi connectivity index (χ1v) is 4.60. The summed E-state index contributed by atoms with van der Waals surface area (Å²) in [6.45, 7) is 0. The van der Waals surface area contributed by atoms with Gasteiger partial charge in [0.15, 0.2) is 0 Å². The molecule has 0 unspecified atom stereocenters. The van der Waals surface area contributed by atoms with Gasteiger partial charge in [0.1, 0.15) is 0 Å². The summed E-state index contributed by atoms with van der Waals surface area (Å²) in [4.78, 5) is 0. The van der Waals surface area contributed by atoms with E-state index in [0.29, 0.717) is 16.8 Å². The fourth-order valence-electron chi connectivity index (χ4n) is 1.42. The number of rotatable bonds is 1. The van der Waals surface area contributed by atoms with Crippen molar-refractivity contribution in [1.29, 1.82) is 10.5 Å². The third-order valence-corrected chi connectivity index (χ3v) is 2.13. The second-order valence-corrected chi connectivity index (χ2v) is 3.30. The maximum atomic E-state index is 8.84. The molecule has 0 aliphatic heterocycles. The Morgan fingerprint density at radius 3 is 2.25 bits per heavy atom. The minimum absolute atomic E-state index is 0.458. The average Bonchev–Trinajstić information content (AvgIpc) is 2.75. The molecule has 16 heavy (non-hydrogen) atoms. The van der Waals surface area contributed by atoms with Crippen LogP contribution in [0, 0.1) is 28.9 Å². The van der Waals surface area contributed by atoms with Gasteiger partial charge in [-0.1, -0.05) is 0 Å². The number of hydrogen-bond acceptors (Lipinski definition) is 3. The van der Waals surface area contributed by atoms with Gasteiger partial charge in [0.2, 0.25) is 0 Å². The third-order valence-electron chi connectivity index (χ3n) is 2.13. The Hall–Kier alpha value is -2.59. The highest BCUT2D eigenvalue weighted by Crippen LogP contribution is 2.19. The van der Waals surface area contributed by atoms with Crippen LogP contribution in [0.25, 0.3) is 11.3 Å². The summed E-state index contributed by atoms with van der Waals surface area (Å²) < 4.78 is 1.56. The van der Waals surface area contributed by atoms with Crippen LogP contribution in [-0.2, 0) is 7.05 Å². The molecular weight excluding hydrogens is 200 g/mol. The summed E-state index contributed by atoms with van der Waals surface area (Å²) in [5.41, 5.74) is 2.38. The van der Waals surface area contributed by atoms with Gasteiger partial charge in [0.05, 0.1) is 35.2 Å². The van der Waals surface area contributed by atoms with Crippen LogP contribution < -0.4 is 0 Å². The Bertz CT molecular complexity index is 578. The largest absolute Gasteiger partial charge is 0.266 e. The summed E-state index contributed by atoms with van der Waals surface area (Å²) in [5.74, 6) is 0. The van der Waals surface area contributed by atoms with Gasteiger partial charge >= 0.3 is 0 Å². The lowest BCUT2D eigenvalue weighted by Crippen LogP contribution is -1.89. The molecule has 1 radical (unpaired) electrons. The Kier molecular flexibility index (Phi) is 2.41. The molecule has 4 nitrogen and oxygen atoms in total. The summed E-state index contributed by atoms with van der Waals surface area (Å²) >= 11 is 0. The van der Waals surface area contributed by atoms with Gasteiger partial charge in [-0.2, -0.15) is 15.6 Å². The standard InChI is InChI=1S/C12H7N4/c1-16-3-2-12(15-16)11-5-9(7-13)4-10(6-11)8-14/h2,4-6H,1H3. The van der Waals surface area contributed by atoms with E-state index in [1.54, 1.807) is 36.0 Å². The summed E-state index contributed by atoms with van der Waals surface area (Å²) in [7, 11) is 1.77. The molecular formula is C12H7N4. The van der Waals surface area contributed by atoms with Crippen molar-refractivity contribution < 1.29 is 0 Å². The van der Waals surface area contributed by atoms with Crippen molar-refractivity contribution in [2.45, 2.75) is 0 Å². The minimum atomic E-state index is 0.458. The molecule has 0 aliphatic carbocycles. The van der Waals surface area contributed by atoms with Crippen LogP contribution in [0.4, 0.5) is 0 Å². The Morgan fingerprint density at radius 2 is 1.81 bits per heavy atom. The number of hydrogen-bond donors (Lipinski definition) is 0. The molecule has 0 atom stereocenters. The van der Waals surface area contributed by atoms with Gasteiger partial charge in [0.25, 0.3) is 0 Å². The van der Waals surface area contributed by atoms with Gasteiger partial charge in [-0.15, -0.1) is 0 Å². The Labute approximate surface area is 93.0 Å². The topological polar surface area (TPSA) is 65.4 Å². The second-order valence-electron chi connectivity index (χ2n) is 3.30. The monoisotopic (exact) mass is 207 g/mol. The molecule has 2 rings (SSSR count). The van der Waals surface area contributed by atoms with E-state index in [4.69, 9.17) is 10.5 Å². The van der Waals surface area contributed by atoms with Crippen LogP contribution >= 0.6 is 0 Å². The van der Waals surface area contributed by atoms with Gasteiger partial charge in [0, 0.05) is 12.6 Å². The van der Waals surface area contributed by atoms with E-state index in [0.717, 1.165) is 5.56 Å². The van der Waals surface area contributed by atoms with Crippen molar-refractivity contribution in [2.24, 2.45) is 7.05 Å². The zero-order chi connectivity index (χ0) is 11.5. The molecule has 0 saturated carbocycles. The first-order valence-electron chi connectivity index (χ1n) is 4.60. The Morgan fingerprint density at radius 1 is 1.19 bits per heavy atom. The summed E-state index contributed by atoms with van der Waals surface area (Å²) in [6, 6.07) is 10.7. The van der Waals surface area contributed by atoms with Gasteiger partial charge < -0.3 is 0 Å². The molecule has 0 spiro atoms. The highest BCUT2D eigenvalue weighted by Gasteiger charge is 2.05. The molecule has 0 aliphatic rings. The SMILES string of the molecule is Cn1[c]cc(-c2cc(C#N)cc(C#N)c2)n1. The van der Waals surface area contributed by atoms with Crippen molar-refractivity contribution >= 4 is 0 Å². The van der Waals surface area contributed by atoms with Gasteiger partial charge in [-0.25, -0.2) is 0 Å². The molecule has 2 aromatic rings. The maximum Gasteiger partial charge on any atom is 0.0992 e. The molecule has 0 amide bonds. The van der Waals surface area contributed by atoms with E-state index in [9.17, 15) is 0 Å². The molecule has 1 heterocycles. The number of aryl methyl sites for hydroxylation is 1. The van der Waals surface area contributed by atoms with Crippen molar-refractivity contribution in [3.05, 3.63) is 41.6 Å². The minimum Gasteiger partial charge on any atom is -0.266 e. The fraction of sp³-hybridized carbons (Fsp3) is 0.0833. The molecule has 75 valence electrons. The highest BCUT2D eigenvalue weighted by molar-refractivity contribution is 5.63. The van der Waals surface area contributed by atoms with Crippen LogP contribution in [-0.4, -0.2) is 9.78 Å². The average molecular weight is 207 g/mol. The van der Waals surface area contributed by atoms with E-state index in [2.05, 4.69) is 11.3 Å². The van der Waals surface area contributed by atoms with Crippen LogP contribution in [0.15, 0.2) is 24.3 Å². The summed E-state index contributed by atoms with van der Waals surface area (Å²) in [5, 5.41) is 21.9. The molecule has 0 bridgehead atoms. The third kappa shape index (κ3) is 1.77. The van der Waals surface area contributed by atoms with Gasteiger partial charge in [-0.05, 0) is 24.3 Å². The number of nitrogens with zero attached hydrogens (tertiary/aromatic N) is 4. The van der Waals surface area contributed by atoms with E-state index >= 15 is 0 Å². The zero-order valence-corrected chi connectivity index (χ0v) is 8.60. The van der Waals surface area contributed by atoms with Crippen LogP contribution in [0.5, 0.6) is 0 Å². The van der Waals surface area contributed by atoms with E-state index < -0.39 is 0 Å². The molecule has 0 saturated heterocycles. The van der Waals surface area contributed by atoms with Crippen molar-refractivity contribution in [3.63, 3.8) is 0 Å². The van der Waals surface area contributed by atoms with Crippen molar-refractivity contribution in [1.82, 2.24) is 9.78 Å². The molecule has 0 N–H and O–H groups in total. The van der Waals surface area contributed by atoms with E-state index in [-0.39, 0.29) is 0 Å². The maximum absolute atomic E-state index is 8.84. The smallest absolute Gasteiger partial charge is 0.0992 e. The number of nitriles is 2. The fourth-order valence-corrected chi connectivity index (χ4v) is 1.42. The van der Waals surface area contributed by atoms with Crippen LogP contribution in [0.2, 0.25) is 0 Å². The van der Waals surface area contributed by atoms with Crippen LogP contribution in [0.1, 0.15) is 11.1 Å². The molecule has 4 heteroatoms. The summed E-state index contributed by atoms with van der Waals surface area (Å²) in [6.07, 6.45) is 2.88. The van der Waals surface area contributed by atoms with Crippen LogP contribution in [0.3, 0.4) is 0 Å². The first-order chi connectivity index (χ1) is 7.72.